The Morgan fingerprint density at radius 1 is 0.971 bits per heavy atom. The molecule has 0 radical (unpaired) electrons. The summed E-state index contributed by atoms with van der Waals surface area (Å²) >= 11 is 0. The maximum atomic E-state index is 13.2. The first-order valence-electron chi connectivity index (χ1n) is 10.1. The summed E-state index contributed by atoms with van der Waals surface area (Å²) < 4.78 is 1.36. The topological polar surface area (TPSA) is 138 Å². The van der Waals surface area contributed by atoms with Crippen LogP contribution in [-0.4, -0.2) is 38.1 Å². The molecule has 0 unspecified atom stereocenters. The minimum atomic E-state index is -0.493. The fourth-order valence-corrected chi connectivity index (χ4v) is 3.27. The highest BCUT2D eigenvalue weighted by atomic mass is 16.6. The molecule has 0 bridgehead atoms. The third-order valence-electron chi connectivity index (χ3n) is 4.91. The first-order chi connectivity index (χ1) is 16.6. The number of hydrogen-bond donors (Lipinski definition) is 2. The van der Waals surface area contributed by atoms with Gasteiger partial charge in [0.15, 0.2) is 0 Å². The van der Waals surface area contributed by atoms with Gasteiger partial charge in [-0.05, 0) is 24.3 Å². The van der Waals surface area contributed by atoms with Gasteiger partial charge in [0.25, 0.3) is 11.2 Å². The number of para-hydroxylation sites is 1. The van der Waals surface area contributed by atoms with Crippen molar-refractivity contribution in [3.05, 3.63) is 117 Å². The zero-order valence-electron chi connectivity index (χ0n) is 17.6. The number of nitro groups is 1. The van der Waals surface area contributed by atoms with Crippen molar-refractivity contribution >= 4 is 23.8 Å². The molecule has 0 aliphatic heterocycles. The summed E-state index contributed by atoms with van der Waals surface area (Å²) in [5.41, 5.74) is 2.30. The van der Waals surface area contributed by atoms with Gasteiger partial charge in [-0.1, -0.05) is 53.7 Å². The highest BCUT2D eigenvalue weighted by Crippen LogP contribution is 2.23. The van der Waals surface area contributed by atoms with E-state index in [9.17, 15) is 14.9 Å². The maximum Gasteiger partial charge on any atom is 0.280 e. The molecule has 168 valence electrons. The number of H-pyrrole nitrogens is 1. The fraction of sp³-hybridized carbons (Fsp3) is 0. The maximum absolute atomic E-state index is 13.2. The van der Waals surface area contributed by atoms with Crippen LogP contribution in [0.4, 0.5) is 5.69 Å². The van der Waals surface area contributed by atoms with Crippen molar-refractivity contribution < 1.29 is 10.1 Å². The summed E-state index contributed by atoms with van der Waals surface area (Å²) in [4.78, 5) is 23.7. The van der Waals surface area contributed by atoms with E-state index in [0.29, 0.717) is 22.5 Å². The second kappa shape index (κ2) is 10.0. The number of aromatic amines is 1. The lowest BCUT2D eigenvalue weighted by Crippen LogP contribution is -2.17. The molecule has 34 heavy (non-hydrogen) atoms. The van der Waals surface area contributed by atoms with E-state index >= 15 is 0 Å². The van der Waals surface area contributed by atoms with Crippen LogP contribution in [0.25, 0.3) is 16.9 Å². The van der Waals surface area contributed by atoms with Crippen molar-refractivity contribution in [2.45, 2.75) is 0 Å². The SMILES string of the molecule is O=c1c(/C=N/N=C(/C=N\O)c2ccccc2)c(-c2ccc([N+](=O)[O-])cc2)[nH]n1-c1ccccc1. The number of non-ortho nitro benzene ring substituents is 1. The van der Waals surface area contributed by atoms with Crippen molar-refractivity contribution in [1.29, 1.82) is 0 Å². The zero-order valence-corrected chi connectivity index (χ0v) is 17.6. The van der Waals surface area contributed by atoms with Crippen LogP contribution in [-0.2, 0) is 0 Å². The molecule has 0 saturated heterocycles. The Labute approximate surface area is 193 Å². The average Bonchev–Trinajstić information content (AvgIpc) is 3.20. The molecule has 0 saturated carbocycles. The van der Waals surface area contributed by atoms with Gasteiger partial charge < -0.3 is 5.21 Å². The van der Waals surface area contributed by atoms with Crippen LogP contribution in [0.5, 0.6) is 0 Å². The fourth-order valence-electron chi connectivity index (χ4n) is 3.27. The lowest BCUT2D eigenvalue weighted by molar-refractivity contribution is -0.384. The van der Waals surface area contributed by atoms with E-state index in [0.717, 1.165) is 6.21 Å². The first-order valence-corrected chi connectivity index (χ1v) is 10.1. The third-order valence-corrected chi connectivity index (χ3v) is 4.91. The van der Waals surface area contributed by atoms with E-state index in [-0.39, 0.29) is 22.5 Å². The Hall–Kier alpha value is -5.12. The van der Waals surface area contributed by atoms with Gasteiger partial charge in [0.05, 0.1) is 34.3 Å². The Balaban J connectivity index is 1.81. The van der Waals surface area contributed by atoms with E-state index in [1.54, 1.807) is 60.7 Å². The second-order valence-electron chi connectivity index (χ2n) is 7.02. The molecule has 4 rings (SSSR count). The molecule has 10 nitrogen and oxygen atoms in total. The lowest BCUT2D eigenvalue weighted by atomic mass is 10.1. The molecule has 0 atom stereocenters. The van der Waals surface area contributed by atoms with Crippen LogP contribution >= 0.6 is 0 Å². The number of nitrogens with zero attached hydrogens (tertiary/aromatic N) is 5. The quantitative estimate of drug-likeness (QED) is 0.188. The summed E-state index contributed by atoms with van der Waals surface area (Å²) in [6.45, 7) is 0. The highest BCUT2D eigenvalue weighted by Gasteiger charge is 2.16. The van der Waals surface area contributed by atoms with Crippen molar-refractivity contribution in [3.63, 3.8) is 0 Å². The minimum absolute atomic E-state index is 0.0656. The van der Waals surface area contributed by atoms with E-state index < -0.39 is 4.92 Å². The van der Waals surface area contributed by atoms with E-state index in [4.69, 9.17) is 5.21 Å². The third kappa shape index (κ3) is 4.70. The standard InChI is InChI=1S/C24H18N6O4/c31-24-21(15-25-27-22(16-26-32)17-7-3-1-4-8-17)23(18-11-13-20(14-12-18)30(33)34)28-29(24)19-9-5-2-6-10-19/h1-16,28,32H/b25-15+,26-16-,27-22-. The Morgan fingerprint density at radius 3 is 2.24 bits per heavy atom. The summed E-state index contributed by atoms with van der Waals surface area (Å²) in [6.07, 6.45) is 2.44. The monoisotopic (exact) mass is 454 g/mol. The number of nitrogens with one attached hydrogen (secondary N) is 1. The molecule has 10 heteroatoms. The van der Waals surface area contributed by atoms with Crippen LogP contribution in [0.15, 0.2) is 105 Å². The number of rotatable bonds is 7. The Kier molecular flexibility index (Phi) is 6.50. The number of hydrogen-bond acceptors (Lipinski definition) is 7. The molecule has 1 aromatic heterocycles. The molecule has 1 heterocycles. The van der Waals surface area contributed by atoms with E-state index in [1.165, 1.54) is 23.0 Å². The van der Waals surface area contributed by atoms with Crippen LogP contribution in [0, 0.1) is 10.1 Å². The molecular weight excluding hydrogens is 436 g/mol. The van der Waals surface area contributed by atoms with E-state index in [2.05, 4.69) is 20.5 Å². The zero-order chi connectivity index (χ0) is 23.9. The lowest BCUT2D eigenvalue weighted by Gasteiger charge is -2.02. The van der Waals surface area contributed by atoms with Crippen molar-refractivity contribution in [2.24, 2.45) is 15.4 Å². The van der Waals surface area contributed by atoms with Crippen LogP contribution in [0.2, 0.25) is 0 Å². The van der Waals surface area contributed by atoms with Crippen molar-refractivity contribution in [1.82, 2.24) is 9.78 Å². The van der Waals surface area contributed by atoms with Gasteiger partial charge >= 0.3 is 0 Å². The van der Waals surface area contributed by atoms with Crippen LogP contribution in [0.1, 0.15) is 11.1 Å². The van der Waals surface area contributed by atoms with Crippen molar-refractivity contribution in [3.8, 4) is 16.9 Å². The van der Waals surface area contributed by atoms with E-state index in [1.807, 2.05) is 12.1 Å². The molecule has 0 spiro atoms. The average molecular weight is 454 g/mol. The second-order valence-corrected chi connectivity index (χ2v) is 7.02. The highest BCUT2D eigenvalue weighted by molar-refractivity contribution is 6.38. The van der Waals surface area contributed by atoms with Gasteiger partial charge in [-0.15, -0.1) is 5.10 Å². The largest absolute Gasteiger partial charge is 0.411 e. The summed E-state index contributed by atoms with van der Waals surface area (Å²) in [7, 11) is 0. The molecule has 0 fully saturated rings. The van der Waals surface area contributed by atoms with Gasteiger partial charge in [-0.25, -0.2) is 4.68 Å². The molecule has 2 N–H and O–H groups in total. The molecule has 0 amide bonds. The van der Waals surface area contributed by atoms with Gasteiger partial charge in [-0.2, -0.15) is 5.10 Å². The molecule has 0 aliphatic carbocycles. The number of oxime groups is 1. The summed E-state index contributed by atoms with van der Waals surface area (Å²) in [6, 6.07) is 23.8. The number of aromatic nitrogens is 2. The Morgan fingerprint density at radius 2 is 1.62 bits per heavy atom. The van der Waals surface area contributed by atoms with Gasteiger partial charge in [0.2, 0.25) is 0 Å². The molecule has 0 aliphatic rings. The predicted octanol–water partition coefficient (Wildman–Crippen LogP) is 4.02. The van der Waals surface area contributed by atoms with Crippen LogP contribution < -0.4 is 5.56 Å². The predicted molar refractivity (Wildman–Crippen MR) is 129 cm³/mol. The molecular formula is C24H18N6O4. The van der Waals surface area contributed by atoms with Gasteiger partial charge in [0, 0.05) is 23.3 Å². The van der Waals surface area contributed by atoms with Gasteiger partial charge in [0.1, 0.15) is 5.71 Å². The summed E-state index contributed by atoms with van der Waals surface area (Å²) in [5, 5.41) is 34.2. The van der Waals surface area contributed by atoms with Crippen LogP contribution in [0.3, 0.4) is 0 Å². The van der Waals surface area contributed by atoms with Crippen molar-refractivity contribution in [2.75, 3.05) is 0 Å². The van der Waals surface area contributed by atoms with Gasteiger partial charge in [-0.3, -0.25) is 20.0 Å². The number of benzene rings is 3. The molecule has 4 aromatic rings. The Bertz CT molecular complexity index is 1440. The normalized spacial score (nSPS) is 11.9. The first kappa shape index (κ1) is 22.1. The smallest absolute Gasteiger partial charge is 0.280 e. The summed E-state index contributed by atoms with van der Waals surface area (Å²) in [5.74, 6) is 0. The number of nitro benzene ring substituents is 1. The minimum Gasteiger partial charge on any atom is -0.411 e. The molecule has 3 aromatic carbocycles.